The molecule has 0 aliphatic heterocycles. The zero-order valence-corrected chi connectivity index (χ0v) is 8.42. The first-order valence-electron chi connectivity index (χ1n) is 4.96. The number of alkyl halides is 1. The summed E-state index contributed by atoms with van der Waals surface area (Å²) in [5, 5.41) is 0. The Morgan fingerprint density at radius 1 is 1.29 bits per heavy atom. The van der Waals surface area contributed by atoms with Crippen LogP contribution in [0.15, 0.2) is 24.3 Å². The Kier molecular flexibility index (Phi) is 4.30. The third kappa shape index (κ3) is 2.95. The van der Waals surface area contributed by atoms with Crippen LogP contribution in [0.1, 0.15) is 35.7 Å². The quantitative estimate of drug-likeness (QED) is 0.658. The van der Waals surface area contributed by atoms with E-state index in [1.807, 2.05) is 12.1 Å². The first-order valence-corrected chi connectivity index (χ1v) is 4.96. The van der Waals surface area contributed by atoms with Gasteiger partial charge in [-0.3, -0.25) is 4.79 Å². The summed E-state index contributed by atoms with van der Waals surface area (Å²) in [7, 11) is 0. The third-order valence-electron chi connectivity index (χ3n) is 2.22. The first kappa shape index (κ1) is 10.9. The van der Waals surface area contributed by atoms with Gasteiger partial charge in [-0.1, -0.05) is 37.6 Å². The standard InChI is InChI=1S/C12H15FO/c1-2-3-4-10-5-7-11(8-6-10)12(14)9-13/h5-8H,2-4,9H2,1H3. The molecule has 0 atom stereocenters. The number of hydrogen-bond donors (Lipinski definition) is 0. The van der Waals surface area contributed by atoms with Crippen LogP contribution in [0.5, 0.6) is 0 Å². The van der Waals surface area contributed by atoms with E-state index in [9.17, 15) is 9.18 Å². The second-order valence-corrected chi connectivity index (χ2v) is 3.36. The van der Waals surface area contributed by atoms with Crippen molar-refractivity contribution in [2.24, 2.45) is 0 Å². The molecule has 14 heavy (non-hydrogen) atoms. The fraction of sp³-hybridized carbons (Fsp3) is 0.417. The average Bonchev–Trinajstić information content (AvgIpc) is 2.26. The third-order valence-corrected chi connectivity index (χ3v) is 2.22. The number of unbranched alkanes of at least 4 members (excludes halogenated alkanes) is 1. The summed E-state index contributed by atoms with van der Waals surface area (Å²) in [5.41, 5.74) is 1.68. The zero-order valence-electron chi connectivity index (χ0n) is 8.42. The van der Waals surface area contributed by atoms with Gasteiger partial charge in [0.15, 0.2) is 12.5 Å². The van der Waals surface area contributed by atoms with Crippen LogP contribution in [0.25, 0.3) is 0 Å². The van der Waals surface area contributed by atoms with E-state index in [1.165, 1.54) is 5.56 Å². The average molecular weight is 194 g/mol. The molecule has 0 N–H and O–H groups in total. The molecule has 0 aromatic heterocycles. The van der Waals surface area contributed by atoms with Crippen molar-refractivity contribution in [2.45, 2.75) is 26.2 Å². The molecule has 1 rings (SSSR count). The van der Waals surface area contributed by atoms with Gasteiger partial charge in [-0.25, -0.2) is 4.39 Å². The summed E-state index contributed by atoms with van der Waals surface area (Å²) in [6, 6.07) is 7.21. The lowest BCUT2D eigenvalue weighted by Gasteiger charge is -2.01. The van der Waals surface area contributed by atoms with Crippen molar-refractivity contribution in [2.75, 3.05) is 6.67 Å². The van der Waals surface area contributed by atoms with Gasteiger partial charge in [-0.05, 0) is 18.4 Å². The SMILES string of the molecule is CCCCc1ccc(C(=O)CF)cc1. The van der Waals surface area contributed by atoms with Gasteiger partial charge in [0.1, 0.15) is 0 Å². The van der Waals surface area contributed by atoms with Crippen LogP contribution in [0.4, 0.5) is 4.39 Å². The maximum Gasteiger partial charge on any atom is 0.193 e. The molecular weight excluding hydrogens is 179 g/mol. The van der Waals surface area contributed by atoms with Gasteiger partial charge in [-0.15, -0.1) is 0 Å². The van der Waals surface area contributed by atoms with Crippen molar-refractivity contribution in [1.29, 1.82) is 0 Å². The summed E-state index contributed by atoms with van der Waals surface area (Å²) in [4.78, 5) is 11.0. The van der Waals surface area contributed by atoms with Crippen LogP contribution < -0.4 is 0 Å². The molecule has 76 valence electrons. The van der Waals surface area contributed by atoms with Crippen molar-refractivity contribution in [3.05, 3.63) is 35.4 Å². The molecule has 0 radical (unpaired) electrons. The minimum absolute atomic E-state index is 0.438. The second kappa shape index (κ2) is 5.53. The maximum atomic E-state index is 12.0. The van der Waals surface area contributed by atoms with Gasteiger partial charge in [0.25, 0.3) is 0 Å². The number of benzene rings is 1. The van der Waals surface area contributed by atoms with Gasteiger partial charge < -0.3 is 0 Å². The molecule has 0 fully saturated rings. The molecule has 1 nitrogen and oxygen atoms in total. The van der Waals surface area contributed by atoms with Crippen LogP contribution in [0.2, 0.25) is 0 Å². The molecular formula is C12H15FO. The molecule has 0 saturated heterocycles. The highest BCUT2D eigenvalue weighted by Gasteiger charge is 2.03. The number of carbonyl (C=O) groups is 1. The van der Waals surface area contributed by atoms with Crippen LogP contribution in [0, 0.1) is 0 Å². The Morgan fingerprint density at radius 3 is 2.43 bits per heavy atom. The van der Waals surface area contributed by atoms with E-state index in [1.54, 1.807) is 12.1 Å². The minimum atomic E-state index is -0.908. The highest BCUT2D eigenvalue weighted by atomic mass is 19.1. The number of rotatable bonds is 5. The van der Waals surface area contributed by atoms with Gasteiger partial charge >= 0.3 is 0 Å². The molecule has 2 heteroatoms. The number of Topliss-reactive ketones (excluding diaryl/α,β-unsaturated/α-hetero) is 1. The summed E-state index contributed by atoms with van der Waals surface area (Å²) in [6.07, 6.45) is 3.34. The van der Waals surface area contributed by atoms with E-state index in [0.717, 1.165) is 19.3 Å². The van der Waals surface area contributed by atoms with Crippen molar-refractivity contribution in [1.82, 2.24) is 0 Å². The fourth-order valence-corrected chi connectivity index (χ4v) is 1.32. The van der Waals surface area contributed by atoms with Crippen molar-refractivity contribution in [3.63, 3.8) is 0 Å². The number of aryl methyl sites for hydroxylation is 1. The van der Waals surface area contributed by atoms with E-state index in [2.05, 4.69) is 6.92 Å². The van der Waals surface area contributed by atoms with E-state index < -0.39 is 12.5 Å². The number of ketones is 1. The maximum absolute atomic E-state index is 12.0. The van der Waals surface area contributed by atoms with E-state index in [4.69, 9.17) is 0 Å². The van der Waals surface area contributed by atoms with E-state index >= 15 is 0 Å². The number of halogens is 1. The smallest absolute Gasteiger partial charge is 0.193 e. The normalized spacial score (nSPS) is 10.1. The zero-order chi connectivity index (χ0) is 10.4. The molecule has 0 saturated carbocycles. The molecule has 0 unspecified atom stereocenters. The van der Waals surface area contributed by atoms with E-state index in [-0.39, 0.29) is 0 Å². The lowest BCUT2D eigenvalue weighted by Crippen LogP contribution is -2.00. The molecule has 1 aromatic carbocycles. The van der Waals surface area contributed by atoms with Crippen LogP contribution in [-0.4, -0.2) is 12.5 Å². The van der Waals surface area contributed by atoms with E-state index in [0.29, 0.717) is 5.56 Å². The Morgan fingerprint density at radius 2 is 1.93 bits per heavy atom. The molecule has 0 heterocycles. The molecule has 0 amide bonds. The lowest BCUT2D eigenvalue weighted by atomic mass is 10.0. The molecule has 1 aromatic rings. The molecule has 0 aliphatic rings. The predicted octanol–water partition coefficient (Wildman–Crippen LogP) is 3.18. The minimum Gasteiger partial charge on any atom is -0.291 e. The molecule has 0 spiro atoms. The van der Waals surface area contributed by atoms with Crippen LogP contribution >= 0.6 is 0 Å². The monoisotopic (exact) mass is 194 g/mol. The van der Waals surface area contributed by atoms with Crippen LogP contribution in [-0.2, 0) is 6.42 Å². The molecule has 0 aliphatic carbocycles. The van der Waals surface area contributed by atoms with Gasteiger partial charge in [0, 0.05) is 5.56 Å². The largest absolute Gasteiger partial charge is 0.291 e. The predicted molar refractivity (Wildman–Crippen MR) is 55.4 cm³/mol. The first-order chi connectivity index (χ1) is 6.77. The Balaban J connectivity index is 2.63. The van der Waals surface area contributed by atoms with Crippen molar-refractivity contribution < 1.29 is 9.18 Å². The number of carbonyl (C=O) groups excluding carboxylic acids is 1. The summed E-state index contributed by atoms with van der Waals surface area (Å²) in [6.45, 7) is 1.23. The highest BCUT2D eigenvalue weighted by Crippen LogP contribution is 2.08. The highest BCUT2D eigenvalue weighted by molar-refractivity contribution is 5.96. The topological polar surface area (TPSA) is 17.1 Å². The van der Waals surface area contributed by atoms with Crippen LogP contribution in [0.3, 0.4) is 0 Å². The lowest BCUT2D eigenvalue weighted by molar-refractivity contribution is 0.0958. The van der Waals surface area contributed by atoms with Crippen molar-refractivity contribution in [3.8, 4) is 0 Å². The Labute approximate surface area is 83.9 Å². The fourth-order valence-electron chi connectivity index (χ4n) is 1.32. The van der Waals surface area contributed by atoms with Gasteiger partial charge in [-0.2, -0.15) is 0 Å². The summed E-state index contributed by atoms with van der Waals surface area (Å²) >= 11 is 0. The second-order valence-electron chi connectivity index (χ2n) is 3.36. The van der Waals surface area contributed by atoms with Gasteiger partial charge in [0.2, 0.25) is 0 Å². The summed E-state index contributed by atoms with van der Waals surface area (Å²) in [5.74, 6) is -0.438. The Hall–Kier alpha value is -1.18. The number of hydrogen-bond acceptors (Lipinski definition) is 1. The van der Waals surface area contributed by atoms with Gasteiger partial charge in [0.05, 0.1) is 0 Å². The van der Waals surface area contributed by atoms with Crippen molar-refractivity contribution >= 4 is 5.78 Å². The summed E-state index contributed by atoms with van der Waals surface area (Å²) < 4.78 is 12.0. The molecule has 0 bridgehead atoms. The Bertz CT molecular complexity index is 290.